The number of thioether (sulfide) groups is 1. The highest BCUT2D eigenvalue weighted by Gasteiger charge is 2.25. The van der Waals surface area contributed by atoms with Crippen LogP contribution in [0.5, 0.6) is 0 Å². The number of halogens is 1. The van der Waals surface area contributed by atoms with Crippen LogP contribution in [0.15, 0.2) is 29.2 Å². The molecule has 0 aliphatic carbocycles. The number of benzene rings is 1. The van der Waals surface area contributed by atoms with Crippen LogP contribution < -0.4 is 11.3 Å². The Hall–Kier alpha value is -0.620. The lowest BCUT2D eigenvalue weighted by Gasteiger charge is -2.20. The summed E-state index contributed by atoms with van der Waals surface area (Å²) in [5.74, 6) is 6.56. The summed E-state index contributed by atoms with van der Waals surface area (Å²) in [4.78, 5) is 0.673. The molecular formula is C12H17FN2OS. The van der Waals surface area contributed by atoms with E-state index >= 15 is 0 Å². The maximum atomic E-state index is 13.4. The first kappa shape index (κ1) is 12.8. The molecule has 3 nitrogen and oxygen atoms in total. The molecule has 17 heavy (non-hydrogen) atoms. The van der Waals surface area contributed by atoms with E-state index < -0.39 is 0 Å². The summed E-state index contributed by atoms with van der Waals surface area (Å²) in [5, 5.41) is 0. The van der Waals surface area contributed by atoms with E-state index in [1.54, 1.807) is 12.1 Å². The van der Waals surface area contributed by atoms with Crippen molar-refractivity contribution in [2.45, 2.75) is 17.4 Å². The molecule has 0 radical (unpaired) electrons. The summed E-state index contributed by atoms with van der Waals surface area (Å²) < 4.78 is 18.8. The van der Waals surface area contributed by atoms with Crippen molar-refractivity contribution in [2.24, 2.45) is 11.8 Å². The summed E-state index contributed by atoms with van der Waals surface area (Å²) in [6.45, 7) is 1.54. The number of nitrogens with two attached hydrogens (primary N) is 1. The minimum Gasteiger partial charge on any atom is -0.381 e. The molecule has 1 fully saturated rings. The fraction of sp³-hybridized carbons (Fsp3) is 0.500. The van der Waals surface area contributed by atoms with E-state index in [0.717, 1.165) is 25.4 Å². The Morgan fingerprint density at radius 1 is 1.53 bits per heavy atom. The SMILES string of the molecule is NNC(CSc1ccccc1F)C1CCOC1. The zero-order valence-corrected chi connectivity index (χ0v) is 10.4. The molecule has 5 heteroatoms. The molecule has 1 aromatic rings. The van der Waals surface area contributed by atoms with Crippen LogP contribution in [0.3, 0.4) is 0 Å². The molecule has 1 aliphatic rings. The van der Waals surface area contributed by atoms with Crippen LogP contribution in [0.25, 0.3) is 0 Å². The van der Waals surface area contributed by atoms with Gasteiger partial charge in [-0.1, -0.05) is 12.1 Å². The van der Waals surface area contributed by atoms with Crippen LogP contribution in [-0.4, -0.2) is 25.0 Å². The summed E-state index contributed by atoms with van der Waals surface area (Å²) in [6.07, 6.45) is 1.02. The fourth-order valence-corrected chi connectivity index (χ4v) is 3.04. The van der Waals surface area contributed by atoms with Crippen molar-refractivity contribution in [3.05, 3.63) is 30.1 Å². The highest BCUT2D eigenvalue weighted by atomic mass is 32.2. The van der Waals surface area contributed by atoms with E-state index in [1.807, 2.05) is 6.07 Å². The van der Waals surface area contributed by atoms with Crippen molar-refractivity contribution in [1.82, 2.24) is 5.43 Å². The quantitative estimate of drug-likeness (QED) is 0.479. The van der Waals surface area contributed by atoms with Gasteiger partial charge in [0.25, 0.3) is 0 Å². The molecule has 2 atom stereocenters. The Bertz CT molecular complexity index is 358. The highest BCUT2D eigenvalue weighted by Crippen LogP contribution is 2.25. The Kier molecular flexibility index (Phi) is 4.79. The molecule has 94 valence electrons. The van der Waals surface area contributed by atoms with Gasteiger partial charge in [-0.05, 0) is 18.6 Å². The van der Waals surface area contributed by atoms with Crippen LogP contribution in [0.2, 0.25) is 0 Å². The lowest BCUT2D eigenvalue weighted by molar-refractivity contribution is 0.179. The second-order valence-corrected chi connectivity index (χ2v) is 5.20. The van der Waals surface area contributed by atoms with E-state index in [9.17, 15) is 4.39 Å². The minimum atomic E-state index is -0.170. The Morgan fingerprint density at radius 3 is 3.00 bits per heavy atom. The topological polar surface area (TPSA) is 47.3 Å². The van der Waals surface area contributed by atoms with Crippen molar-refractivity contribution in [3.8, 4) is 0 Å². The summed E-state index contributed by atoms with van der Waals surface area (Å²) in [7, 11) is 0. The number of hydrazine groups is 1. The first-order valence-electron chi connectivity index (χ1n) is 5.72. The Morgan fingerprint density at radius 2 is 2.35 bits per heavy atom. The van der Waals surface area contributed by atoms with Crippen LogP contribution in [0.1, 0.15) is 6.42 Å². The van der Waals surface area contributed by atoms with Crippen molar-refractivity contribution < 1.29 is 9.13 Å². The molecule has 0 amide bonds. The van der Waals surface area contributed by atoms with Crippen molar-refractivity contribution in [1.29, 1.82) is 0 Å². The van der Waals surface area contributed by atoms with Gasteiger partial charge in [-0.3, -0.25) is 11.3 Å². The monoisotopic (exact) mass is 256 g/mol. The second kappa shape index (κ2) is 6.35. The second-order valence-electron chi connectivity index (χ2n) is 4.14. The number of ether oxygens (including phenoxy) is 1. The average Bonchev–Trinajstić information content (AvgIpc) is 2.86. The third-order valence-corrected chi connectivity index (χ3v) is 4.17. The van der Waals surface area contributed by atoms with Crippen LogP contribution in [0, 0.1) is 11.7 Å². The van der Waals surface area contributed by atoms with Gasteiger partial charge in [0, 0.05) is 29.2 Å². The predicted octanol–water partition coefficient (Wildman–Crippen LogP) is 1.79. The van der Waals surface area contributed by atoms with Gasteiger partial charge in [0.15, 0.2) is 0 Å². The third kappa shape index (κ3) is 3.42. The molecular weight excluding hydrogens is 239 g/mol. The fourth-order valence-electron chi connectivity index (χ4n) is 1.93. The van der Waals surface area contributed by atoms with Crippen molar-refractivity contribution in [3.63, 3.8) is 0 Å². The van der Waals surface area contributed by atoms with Crippen molar-refractivity contribution in [2.75, 3.05) is 19.0 Å². The molecule has 1 heterocycles. The standard InChI is InChI=1S/C12H17FN2OS/c13-10-3-1-2-4-12(10)17-8-11(15-14)9-5-6-16-7-9/h1-4,9,11,15H,5-8,14H2. The highest BCUT2D eigenvalue weighted by molar-refractivity contribution is 7.99. The van der Waals surface area contributed by atoms with Gasteiger partial charge in [-0.2, -0.15) is 0 Å². The normalized spacial score (nSPS) is 21.6. The van der Waals surface area contributed by atoms with E-state index in [4.69, 9.17) is 10.6 Å². The molecule has 0 saturated carbocycles. The smallest absolute Gasteiger partial charge is 0.136 e. The summed E-state index contributed by atoms with van der Waals surface area (Å²) in [5.41, 5.74) is 2.81. The first-order chi connectivity index (χ1) is 8.31. The van der Waals surface area contributed by atoms with Gasteiger partial charge >= 0.3 is 0 Å². The molecule has 1 aliphatic heterocycles. The summed E-state index contributed by atoms with van der Waals surface area (Å²) >= 11 is 1.49. The van der Waals surface area contributed by atoms with E-state index in [2.05, 4.69) is 5.43 Å². The Balaban J connectivity index is 1.89. The zero-order chi connectivity index (χ0) is 12.1. The zero-order valence-electron chi connectivity index (χ0n) is 9.56. The van der Waals surface area contributed by atoms with Crippen molar-refractivity contribution >= 4 is 11.8 Å². The van der Waals surface area contributed by atoms with Gasteiger partial charge < -0.3 is 4.74 Å². The molecule has 0 aromatic heterocycles. The number of rotatable bonds is 5. The predicted molar refractivity (Wildman–Crippen MR) is 67.2 cm³/mol. The number of hydrogen-bond acceptors (Lipinski definition) is 4. The van der Waals surface area contributed by atoms with Crippen LogP contribution in [0.4, 0.5) is 4.39 Å². The van der Waals surface area contributed by atoms with E-state index in [-0.39, 0.29) is 11.9 Å². The van der Waals surface area contributed by atoms with Crippen LogP contribution in [-0.2, 0) is 4.74 Å². The first-order valence-corrected chi connectivity index (χ1v) is 6.71. The molecule has 2 unspecified atom stereocenters. The van der Waals surface area contributed by atoms with Gasteiger partial charge in [0.1, 0.15) is 5.82 Å². The van der Waals surface area contributed by atoms with E-state index in [1.165, 1.54) is 17.8 Å². The third-order valence-electron chi connectivity index (χ3n) is 3.00. The lowest BCUT2D eigenvalue weighted by Crippen LogP contribution is -2.43. The maximum absolute atomic E-state index is 13.4. The molecule has 0 spiro atoms. The van der Waals surface area contributed by atoms with Gasteiger partial charge in [-0.15, -0.1) is 11.8 Å². The Labute approximate surface area is 105 Å². The lowest BCUT2D eigenvalue weighted by atomic mass is 10.0. The molecule has 2 rings (SSSR count). The van der Waals surface area contributed by atoms with Crippen LogP contribution >= 0.6 is 11.8 Å². The van der Waals surface area contributed by atoms with Gasteiger partial charge in [0.2, 0.25) is 0 Å². The molecule has 1 aromatic carbocycles. The van der Waals surface area contributed by atoms with Gasteiger partial charge in [0.05, 0.1) is 6.61 Å². The molecule has 1 saturated heterocycles. The molecule has 3 N–H and O–H groups in total. The number of hydrogen-bond donors (Lipinski definition) is 2. The largest absolute Gasteiger partial charge is 0.381 e. The minimum absolute atomic E-state index is 0.169. The average molecular weight is 256 g/mol. The number of nitrogens with one attached hydrogen (secondary N) is 1. The van der Waals surface area contributed by atoms with E-state index in [0.29, 0.717) is 10.8 Å². The summed E-state index contributed by atoms with van der Waals surface area (Å²) in [6, 6.07) is 6.98. The maximum Gasteiger partial charge on any atom is 0.136 e. The molecule has 0 bridgehead atoms. The van der Waals surface area contributed by atoms with Gasteiger partial charge in [-0.25, -0.2) is 4.39 Å².